The largest absolute Gasteiger partial charge is 0.382 e. The maximum Gasteiger partial charge on any atom is 0.0458 e. The number of aromatic amines is 1. The summed E-state index contributed by atoms with van der Waals surface area (Å²) in [6.45, 7) is 0. The van der Waals surface area contributed by atoms with Gasteiger partial charge in [0, 0.05) is 28.3 Å². The number of anilines is 1. The lowest BCUT2D eigenvalue weighted by molar-refractivity contribution is 0.607. The van der Waals surface area contributed by atoms with E-state index in [9.17, 15) is 0 Å². The molecule has 2 heteroatoms. The Labute approximate surface area is 118 Å². The van der Waals surface area contributed by atoms with Crippen LogP contribution in [0.1, 0.15) is 17.7 Å². The number of fused-ring (bicyclic) bond motifs is 3. The van der Waals surface area contributed by atoms with Crippen molar-refractivity contribution in [1.82, 2.24) is 4.98 Å². The number of aryl methyl sites for hydroxylation is 1. The number of hydrogen-bond acceptors (Lipinski definition) is 1. The highest BCUT2D eigenvalue weighted by Gasteiger charge is 2.22. The van der Waals surface area contributed by atoms with Crippen molar-refractivity contribution in [3.8, 4) is 0 Å². The molecule has 100 valence electrons. The molecular weight excluding hydrogens is 244 g/mol. The molecule has 1 atom stereocenters. The predicted molar refractivity (Wildman–Crippen MR) is 84.2 cm³/mol. The highest BCUT2D eigenvalue weighted by atomic mass is 14.9. The Morgan fingerprint density at radius 3 is 2.65 bits per heavy atom. The third kappa shape index (κ3) is 1.97. The Kier molecular flexibility index (Phi) is 2.73. The molecule has 2 aromatic carbocycles. The summed E-state index contributed by atoms with van der Waals surface area (Å²) in [4.78, 5) is 3.57. The van der Waals surface area contributed by atoms with Gasteiger partial charge in [-0.05, 0) is 43.0 Å². The average Bonchev–Trinajstić information content (AvgIpc) is 2.86. The Balaban J connectivity index is 1.63. The molecule has 1 aliphatic carbocycles. The molecule has 0 bridgehead atoms. The number of nitrogens with one attached hydrogen (secondary N) is 2. The zero-order valence-corrected chi connectivity index (χ0v) is 11.4. The van der Waals surface area contributed by atoms with Crippen LogP contribution in [0.25, 0.3) is 10.9 Å². The summed E-state index contributed by atoms with van der Waals surface area (Å²) >= 11 is 0. The van der Waals surface area contributed by atoms with Crippen molar-refractivity contribution < 1.29 is 0 Å². The molecule has 0 amide bonds. The van der Waals surface area contributed by atoms with Crippen molar-refractivity contribution in [2.45, 2.75) is 25.3 Å². The first-order chi connectivity index (χ1) is 9.90. The molecule has 20 heavy (non-hydrogen) atoms. The molecule has 2 nitrogen and oxygen atoms in total. The van der Waals surface area contributed by atoms with Crippen LogP contribution >= 0.6 is 0 Å². The van der Waals surface area contributed by atoms with Crippen molar-refractivity contribution in [3.05, 3.63) is 65.9 Å². The lowest BCUT2D eigenvalue weighted by atomic mass is 9.91. The molecular formula is C18H18N2. The van der Waals surface area contributed by atoms with Gasteiger partial charge in [0.15, 0.2) is 0 Å². The standard InChI is InChI=1S/C18H18N2/c1-2-6-13(7-3-1)19-14-10-11-18-16(12-14)15-8-4-5-9-17(15)20-18/h1-9,14,19-20H,10-12H2. The number of aromatic nitrogens is 1. The third-order valence-electron chi connectivity index (χ3n) is 4.24. The van der Waals surface area contributed by atoms with Gasteiger partial charge in [0.1, 0.15) is 0 Å². The van der Waals surface area contributed by atoms with Crippen LogP contribution in [0, 0.1) is 0 Å². The van der Waals surface area contributed by atoms with Gasteiger partial charge in [0.25, 0.3) is 0 Å². The van der Waals surface area contributed by atoms with E-state index >= 15 is 0 Å². The maximum absolute atomic E-state index is 3.66. The molecule has 1 aromatic heterocycles. The van der Waals surface area contributed by atoms with Crippen LogP contribution in [0.4, 0.5) is 5.69 Å². The van der Waals surface area contributed by atoms with Gasteiger partial charge in [0.05, 0.1) is 0 Å². The van der Waals surface area contributed by atoms with Crippen LogP contribution in [-0.4, -0.2) is 11.0 Å². The first-order valence-electron chi connectivity index (χ1n) is 7.30. The Hall–Kier alpha value is -2.22. The van der Waals surface area contributed by atoms with Crippen LogP contribution in [0.3, 0.4) is 0 Å². The summed E-state index contributed by atoms with van der Waals surface area (Å²) < 4.78 is 0. The summed E-state index contributed by atoms with van der Waals surface area (Å²) in [5.41, 5.74) is 5.43. The minimum Gasteiger partial charge on any atom is -0.382 e. The molecule has 0 spiro atoms. The van der Waals surface area contributed by atoms with Gasteiger partial charge in [0.2, 0.25) is 0 Å². The number of hydrogen-bond donors (Lipinski definition) is 2. The van der Waals surface area contributed by atoms with Gasteiger partial charge in [-0.15, -0.1) is 0 Å². The first-order valence-corrected chi connectivity index (χ1v) is 7.30. The van der Waals surface area contributed by atoms with Crippen LogP contribution in [0.5, 0.6) is 0 Å². The third-order valence-corrected chi connectivity index (χ3v) is 4.24. The molecule has 1 aliphatic rings. The van der Waals surface area contributed by atoms with Gasteiger partial charge in [-0.1, -0.05) is 36.4 Å². The quantitative estimate of drug-likeness (QED) is 0.714. The SMILES string of the molecule is c1ccc(NC2CCc3[nH]c4ccccc4c3C2)cc1. The molecule has 4 rings (SSSR count). The molecule has 0 radical (unpaired) electrons. The minimum atomic E-state index is 0.532. The lowest BCUT2D eigenvalue weighted by Gasteiger charge is -2.24. The second-order valence-electron chi connectivity index (χ2n) is 5.58. The van der Waals surface area contributed by atoms with E-state index in [0.717, 1.165) is 12.8 Å². The number of rotatable bonds is 2. The van der Waals surface area contributed by atoms with Crippen molar-refractivity contribution in [2.24, 2.45) is 0 Å². The van der Waals surface area contributed by atoms with Crippen LogP contribution in [0.15, 0.2) is 54.6 Å². The fourth-order valence-electron chi connectivity index (χ4n) is 3.26. The second-order valence-corrected chi connectivity index (χ2v) is 5.58. The number of benzene rings is 2. The monoisotopic (exact) mass is 262 g/mol. The molecule has 3 aromatic rings. The number of para-hydroxylation sites is 2. The van der Waals surface area contributed by atoms with Crippen LogP contribution in [0.2, 0.25) is 0 Å². The van der Waals surface area contributed by atoms with E-state index in [4.69, 9.17) is 0 Å². The Morgan fingerprint density at radius 1 is 0.950 bits per heavy atom. The van der Waals surface area contributed by atoms with Crippen molar-refractivity contribution in [3.63, 3.8) is 0 Å². The summed E-state index contributed by atoms with van der Waals surface area (Å²) in [5, 5.41) is 5.05. The van der Waals surface area contributed by atoms with Gasteiger partial charge >= 0.3 is 0 Å². The van der Waals surface area contributed by atoms with E-state index in [1.54, 1.807) is 0 Å². The zero-order chi connectivity index (χ0) is 13.4. The van der Waals surface area contributed by atoms with E-state index in [1.165, 1.54) is 34.3 Å². The summed E-state index contributed by atoms with van der Waals surface area (Å²) in [5.74, 6) is 0. The normalized spacial score (nSPS) is 17.9. The molecule has 0 saturated heterocycles. The highest BCUT2D eigenvalue weighted by molar-refractivity contribution is 5.85. The van der Waals surface area contributed by atoms with E-state index < -0.39 is 0 Å². The van der Waals surface area contributed by atoms with Gasteiger partial charge in [-0.2, -0.15) is 0 Å². The van der Waals surface area contributed by atoms with Crippen LogP contribution in [-0.2, 0) is 12.8 Å². The molecule has 0 fully saturated rings. The van der Waals surface area contributed by atoms with Crippen LogP contribution < -0.4 is 5.32 Å². The fourth-order valence-corrected chi connectivity index (χ4v) is 3.26. The lowest BCUT2D eigenvalue weighted by Crippen LogP contribution is -2.27. The minimum absolute atomic E-state index is 0.532. The van der Waals surface area contributed by atoms with Gasteiger partial charge in [-0.25, -0.2) is 0 Å². The Bertz CT molecular complexity index is 728. The maximum atomic E-state index is 3.66. The van der Waals surface area contributed by atoms with Crippen molar-refractivity contribution in [2.75, 3.05) is 5.32 Å². The number of H-pyrrole nitrogens is 1. The topological polar surface area (TPSA) is 27.8 Å². The van der Waals surface area contributed by atoms with E-state index in [-0.39, 0.29) is 0 Å². The average molecular weight is 262 g/mol. The molecule has 1 unspecified atom stereocenters. The Morgan fingerprint density at radius 2 is 1.75 bits per heavy atom. The van der Waals surface area contributed by atoms with Gasteiger partial charge in [-0.3, -0.25) is 0 Å². The zero-order valence-electron chi connectivity index (χ0n) is 11.4. The van der Waals surface area contributed by atoms with E-state index in [1.807, 2.05) is 0 Å². The molecule has 0 aliphatic heterocycles. The molecule has 0 saturated carbocycles. The summed E-state index contributed by atoms with van der Waals surface area (Å²) in [6.07, 6.45) is 3.43. The predicted octanol–water partition coefficient (Wildman–Crippen LogP) is 4.14. The van der Waals surface area contributed by atoms with Crippen molar-refractivity contribution in [1.29, 1.82) is 0 Å². The summed E-state index contributed by atoms with van der Waals surface area (Å²) in [6, 6.07) is 19.7. The van der Waals surface area contributed by atoms with Gasteiger partial charge < -0.3 is 10.3 Å². The summed E-state index contributed by atoms with van der Waals surface area (Å²) in [7, 11) is 0. The van der Waals surface area contributed by atoms with Crippen molar-refractivity contribution >= 4 is 16.6 Å². The second kappa shape index (κ2) is 4.71. The smallest absolute Gasteiger partial charge is 0.0458 e. The molecule has 2 N–H and O–H groups in total. The highest BCUT2D eigenvalue weighted by Crippen LogP contribution is 2.30. The van der Waals surface area contributed by atoms with E-state index in [2.05, 4.69) is 64.9 Å². The fraction of sp³-hybridized carbons (Fsp3) is 0.222. The van der Waals surface area contributed by atoms with E-state index in [0.29, 0.717) is 6.04 Å². The molecule has 1 heterocycles. The first kappa shape index (κ1) is 11.6.